The van der Waals surface area contributed by atoms with Gasteiger partial charge in [0.1, 0.15) is 5.60 Å². The Bertz CT molecular complexity index is 545. The number of carbonyl (C=O) groups excluding carboxylic acids is 1. The maximum absolute atomic E-state index is 12.1. The lowest BCUT2D eigenvalue weighted by atomic mass is 10.0. The molecule has 0 saturated carbocycles. The maximum atomic E-state index is 12.1. The average molecular weight is 570 g/mol. The molecule has 2 heterocycles. The number of ether oxygens (including phenoxy) is 3. The lowest BCUT2D eigenvalue weighted by Gasteiger charge is -2.35. The summed E-state index contributed by atoms with van der Waals surface area (Å²) < 4.78 is 16.6. The predicted octanol–water partition coefficient (Wildman–Crippen LogP) is 2.16. The third-order valence-electron chi connectivity index (χ3n) is 5.42. The first-order chi connectivity index (χ1) is 14.9. The summed E-state index contributed by atoms with van der Waals surface area (Å²) in [6, 6.07) is 0. The van der Waals surface area contributed by atoms with Crippen molar-refractivity contribution in [2.24, 2.45) is 10.9 Å². The molecule has 0 aromatic heterocycles. The molecule has 188 valence electrons. The van der Waals surface area contributed by atoms with Gasteiger partial charge in [0.15, 0.2) is 5.96 Å². The van der Waals surface area contributed by atoms with E-state index in [1.54, 1.807) is 11.9 Å². The first-order valence-electron chi connectivity index (χ1n) is 11.7. The van der Waals surface area contributed by atoms with E-state index in [-0.39, 0.29) is 30.1 Å². The molecule has 2 N–H and O–H groups in total. The lowest BCUT2D eigenvalue weighted by Crippen LogP contribution is -2.51. The number of hydrogen-bond acceptors (Lipinski definition) is 6. The molecule has 2 aliphatic rings. The quantitative estimate of drug-likeness (QED) is 0.191. The Kier molecular flexibility index (Phi) is 14.5. The molecule has 0 aromatic rings. The topological polar surface area (TPSA) is 87.7 Å². The number of amides is 1. The van der Waals surface area contributed by atoms with Gasteiger partial charge in [0.05, 0.1) is 0 Å². The maximum Gasteiger partial charge on any atom is 0.410 e. The zero-order valence-corrected chi connectivity index (χ0v) is 22.7. The van der Waals surface area contributed by atoms with Crippen molar-refractivity contribution in [3.05, 3.63) is 0 Å². The van der Waals surface area contributed by atoms with Crippen LogP contribution in [-0.4, -0.2) is 107 Å². The Morgan fingerprint density at radius 1 is 1.09 bits per heavy atom. The minimum absolute atomic E-state index is 0. The molecule has 0 radical (unpaired) electrons. The van der Waals surface area contributed by atoms with Crippen molar-refractivity contribution in [1.82, 2.24) is 20.4 Å². The van der Waals surface area contributed by atoms with Crippen molar-refractivity contribution in [1.29, 1.82) is 0 Å². The number of aliphatic imine (C=N–C) groups is 1. The number of guanidine groups is 1. The Labute approximate surface area is 211 Å². The summed E-state index contributed by atoms with van der Waals surface area (Å²) in [6.07, 6.45) is 2.97. The highest BCUT2D eigenvalue weighted by Gasteiger charge is 2.25. The molecular formula is C22H44IN5O4. The van der Waals surface area contributed by atoms with Crippen molar-refractivity contribution in [2.75, 3.05) is 79.3 Å². The molecule has 0 unspecified atom stereocenters. The normalized spacial score (nSPS) is 18.8. The number of piperazine rings is 1. The Balaban J connectivity index is 0.00000512. The summed E-state index contributed by atoms with van der Waals surface area (Å²) in [5.74, 6) is 1.47. The number of rotatable bonds is 9. The number of carbonyl (C=O) groups is 1. The van der Waals surface area contributed by atoms with Gasteiger partial charge in [-0.25, -0.2) is 4.79 Å². The summed E-state index contributed by atoms with van der Waals surface area (Å²) in [5.41, 5.74) is -0.446. The molecule has 1 amide bonds. The van der Waals surface area contributed by atoms with E-state index in [1.807, 2.05) is 20.8 Å². The zero-order chi connectivity index (χ0) is 22.5. The van der Waals surface area contributed by atoms with Crippen LogP contribution in [0.15, 0.2) is 4.99 Å². The second-order valence-corrected chi connectivity index (χ2v) is 9.22. The molecule has 2 saturated heterocycles. The smallest absolute Gasteiger partial charge is 0.410 e. The summed E-state index contributed by atoms with van der Waals surface area (Å²) in [5, 5.41) is 6.70. The molecule has 2 aliphatic heterocycles. The highest BCUT2D eigenvalue weighted by atomic mass is 127. The second-order valence-electron chi connectivity index (χ2n) is 9.22. The van der Waals surface area contributed by atoms with Gasteiger partial charge in [-0.15, -0.1) is 24.0 Å². The van der Waals surface area contributed by atoms with Crippen molar-refractivity contribution < 1.29 is 19.0 Å². The predicted molar refractivity (Wildman–Crippen MR) is 138 cm³/mol. The molecule has 0 aromatic carbocycles. The lowest BCUT2D eigenvalue weighted by molar-refractivity contribution is 0.0147. The first kappa shape index (κ1) is 29.2. The van der Waals surface area contributed by atoms with Crippen molar-refractivity contribution in [3.8, 4) is 0 Å². The van der Waals surface area contributed by atoms with Gasteiger partial charge < -0.3 is 29.7 Å². The number of nitrogens with zero attached hydrogens (tertiary/aromatic N) is 3. The van der Waals surface area contributed by atoms with Gasteiger partial charge in [0.25, 0.3) is 0 Å². The fourth-order valence-corrected chi connectivity index (χ4v) is 3.58. The fraction of sp³-hybridized carbons (Fsp3) is 0.909. The largest absolute Gasteiger partial charge is 0.444 e. The van der Waals surface area contributed by atoms with Crippen LogP contribution < -0.4 is 10.6 Å². The average Bonchev–Trinajstić information content (AvgIpc) is 2.74. The van der Waals surface area contributed by atoms with Gasteiger partial charge in [0.2, 0.25) is 0 Å². The van der Waals surface area contributed by atoms with E-state index in [0.29, 0.717) is 19.0 Å². The van der Waals surface area contributed by atoms with Crippen LogP contribution in [-0.2, 0) is 14.2 Å². The second kappa shape index (κ2) is 15.9. The van der Waals surface area contributed by atoms with Gasteiger partial charge >= 0.3 is 6.09 Å². The SMILES string of the molecule is CN=C(NCCCOCC1CCOCC1)NCCN1CCN(C(=O)OC(C)(C)C)CC1.I. The highest BCUT2D eigenvalue weighted by molar-refractivity contribution is 14.0. The summed E-state index contributed by atoms with van der Waals surface area (Å²) in [4.78, 5) is 20.6. The third kappa shape index (κ3) is 12.4. The van der Waals surface area contributed by atoms with Crippen LogP contribution in [0, 0.1) is 5.92 Å². The van der Waals surface area contributed by atoms with Crippen molar-refractivity contribution >= 4 is 36.0 Å². The summed E-state index contributed by atoms with van der Waals surface area (Å²) in [7, 11) is 1.79. The molecule has 0 atom stereocenters. The molecule has 32 heavy (non-hydrogen) atoms. The van der Waals surface area contributed by atoms with E-state index < -0.39 is 5.60 Å². The van der Waals surface area contributed by atoms with Crippen LogP contribution in [0.5, 0.6) is 0 Å². The molecule has 9 nitrogen and oxygen atoms in total. The van der Waals surface area contributed by atoms with Gasteiger partial charge in [-0.05, 0) is 46.0 Å². The number of hydrogen-bond donors (Lipinski definition) is 2. The van der Waals surface area contributed by atoms with E-state index in [1.165, 1.54) is 0 Å². The minimum atomic E-state index is -0.446. The molecule has 0 spiro atoms. The van der Waals surface area contributed by atoms with Crippen LogP contribution in [0.3, 0.4) is 0 Å². The zero-order valence-electron chi connectivity index (χ0n) is 20.4. The molecular weight excluding hydrogens is 525 g/mol. The summed E-state index contributed by atoms with van der Waals surface area (Å²) >= 11 is 0. The third-order valence-corrected chi connectivity index (χ3v) is 5.42. The van der Waals surface area contributed by atoms with E-state index in [4.69, 9.17) is 14.2 Å². The van der Waals surface area contributed by atoms with Crippen molar-refractivity contribution in [2.45, 2.75) is 45.6 Å². The Morgan fingerprint density at radius 3 is 2.38 bits per heavy atom. The number of halogens is 1. The van der Waals surface area contributed by atoms with Crippen LogP contribution in [0.25, 0.3) is 0 Å². The van der Waals surface area contributed by atoms with Gasteiger partial charge in [-0.1, -0.05) is 0 Å². The van der Waals surface area contributed by atoms with Crippen molar-refractivity contribution in [3.63, 3.8) is 0 Å². The Hall–Kier alpha value is -0.850. The first-order valence-corrected chi connectivity index (χ1v) is 11.7. The van der Waals surface area contributed by atoms with E-state index >= 15 is 0 Å². The fourth-order valence-electron chi connectivity index (χ4n) is 3.58. The Morgan fingerprint density at radius 2 is 1.75 bits per heavy atom. The molecule has 10 heteroatoms. The van der Waals surface area contributed by atoms with Gasteiger partial charge in [0, 0.05) is 79.3 Å². The molecule has 0 bridgehead atoms. The van der Waals surface area contributed by atoms with Crippen LogP contribution >= 0.6 is 24.0 Å². The monoisotopic (exact) mass is 569 g/mol. The van der Waals surface area contributed by atoms with Gasteiger partial charge in [-0.3, -0.25) is 9.89 Å². The highest BCUT2D eigenvalue weighted by Crippen LogP contribution is 2.14. The van der Waals surface area contributed by atoms with Crippen LogP contribution in [0.2, 0.25) is 0 Å². The molecule has 2 fully saturated rings. The van der Waals surface area contributed by atoms with E-state index in [2.05, 4.69) is 20.5 Å². The molecule has 2 rings (SSSR count). The van der Waals surface area contributed by atoms with Gasteiger partial charge in [-0.2, -0.15) is 0 Å². The number of nitrogens with one attached hydrogen (secondary N) is 2. The van der Waals surface area contributed by atoms with Crippen LogP contribution in [0.4, 0.5) is 4.79 Å². The van der Waals surface area contributed by atoms with Crippen LogP contribution in [0.1, 0.15) is 40.0 Å². The standard InChI is InChI=1S/C22H43N5O4.HI/c1-22(2,3)31-21(28)27-13-11-26(12-14-27)10-9-25-20(23-4)24-8-5-15-30-18-19-6-16-29-17-7-19;/h19H,5-18H2,1-4H3,(H2,23,24,25);1H. The molecule has 0 aliphatic carbocycles. The summed E-state index contributed by atoms with van der Waals surface area (Å²) in [6.45, 7) is 14.7. The minimum Gasteiger partial charge on any atom is -0.444 e. The van der Waals surface area contributed by atoms with E-state index in [9.17, 15) is 4.79 Å². The van der Waals surface area contributed by atoms with E-state index in [0.717, 1.165) is 84.4 Å².